The molecule has 25 heavy (non-hydrogen) atoms. The summed E-state index contributed by atoms with van der Waals surface area (Å²) in [4.78, 5) is 9.84. The molecule has 4 rings (SSSR count). The third kappa shape index (κ3) is 3.31. The van der Waals surface area contributed by atoms with E-state index in [0.29, 0.717) is 25.0 Å². The van der Waals surface area contributed by atoms with Gasteiger partial charge in [0.25, 0.3) is 0 Å². The van der Waals surface area contributed by atoms with E-state index < -0.39 is 0 Å². The van der Waals surface area contributed by atoms with Crippen LogP contribution in [0.25, 0.3) is 0 Å². The van der Waals surface area contributed by atoms with Crippen molar-refractivity contribution in [2.75, 3.05) is 13.2 Å². The average Bonchev–Trinajstić information content (AvgIpc) is 3.33. The Bertz CT molecular complexity index is 675. The maximum atomic E-state index is 6.03. The van der Waals surface area contributed by atoms with Crippen LogP contribution in [-0.2, 0) is 9.47 Å². The molecule has 1 fully saturated rings. The number of nitrogens with zero attached hydrogens (tertiary/aromatic N) is 2. The Labute approximate surface area is 150 Å². The molecule has 1 aliphatic carbocycles. The van der Waals surface area contributed by atoms with Crippen LogP contribution in [0.15, 0.2) is 40.3 Å². The summed E-state index contributed by atoms with van der Waals surface area (Å²) < 4.78 is 12.0. The normalized spacial score (nSPS) is 32.1. The molecule has 0 N–H and O–H groups in total. The van der Waals surface area contributed by atoms with Gasteiger partial charge in [0.05, 0.1) is 6.04 Å². The van der Waals surface area contributed by atoms with Crippen molar-refractivity contribution in [1.82, 2.24) is 0 Å². The van der Waals surface area contributed by atoms with E-state index in [9.17, 15) is 0 Å². The summed E-state index contributed by atoms with van der Waals surface area (Å²) >= 11 is 0. The minimum Gasteiger partial charge on any atom is -0.478 e. The Morgan fingerprint density at radius 1 is 0.880 bits per heavy atom. The first-order valence-electron chi connectivity index (χ1n) is 9.48. The maximum Gasteiger partial charge on any atom is 0.188 e. The number of rotatable bonds is 3. The first kappa shape index (κ1) is 16.6. The zero-order chi connectivity index (χ0) is 17.4. The zero-order valence-electron chi connectivity index (χ0n) is 15.4. The lowest BCUT2D eigenvalue weighted by atomic mass is 9.88. The number of benzene rings is 1. The smallest absolute Gasteiger partial charge is 0.188 e. The molecule has 1 aromatic carbocycles. The van der Waals surface area contributed by atoms with Crippen LogP contribution in [-0.4, -0.2) is 31.1 Å². The predicted octanol–water partition coefficient (Wildman–Crippen LogP) is 4.42. The zero-order valence-corrected chi connectivity index (χ0v) is 15.4. The Morgan fingerprint density at radius 2 is 1.52 bits per heavy atom. The Morgan fingerprint density at radius 3 is 2.16 bits per heavy atom. The van der Waals surface area contributed by atoms with Gasteiger partial charge >= 0.3 is 0 Å². The summed E-state index contributed by atoms with van der Waals surface area (Å²) in [5.41, 5.74) is 1.38. The molecule has 4 nitrogen and oxygen atoms in total. The van der Waals surface area contributed by atoms with E-state index in [4.69, 9.17) is 19.5 Å². The summed E-state index contributed by atoms with van der Waals surface area (Å²) in [6, 6.07) is 10.8. The molecule has 0 saturated heterocycles. The van der Waals surface area contributed by atoms with Gasteiger partial charge in [0, 0.05) is 11.8 Å². The third-order valence-corrected chi connectivity index (χ3v) is 5.68. The summed E-state index contributed by atoms with van der Waals surface area (Å²) in [7, 11) is 0. The fraction of sp³-hybridized carbons (Fsp3) is 0.619. The number of aliphatic imine (C=N–C) groups is 2. The first-order chi connectivity index (χ1) is 12.0. The summed E-state index contributed by atoms with van der Waals surface area (Å²) in [6.07, 6.45) is 3.43. The molecule has 1 aromatic rings. The molecule has 0 spiro atoms. The van der Waals surface area contributed by atoms with E-state index >= 15 is 0 Å². The van der Waals surface area contributed by atoms with Crippen LogP contribution in [0.1, 0.15) is 51.6 Å². The summed E-state index contributed by atoms with van der Waals surface area (Å²) in [6.45, 7) is 8.05. The van der Waals surface area contributed by atoms with Crippen LogP contribution in [0, 0.1) is 17.3 Å². The van der Waals surface area contributed by atoms with Gasteiger partial charge in [-0.25, -0.2) is 9.98 Å². The van der Waals surface area contributed by atoms with E-state index in [1.165, 1.54) is 12.0 Å². The SMILES string of the molecule is CC(C)(C)[C@H]1COC([C@H]2CCC[C@@H]2C2=N[C@H](c3ccccc3)CO2)=N1. The molecular weight excluding hydrogens is 312 g/mol. The molecule has 4 heteroatoms. The van der Waals surface area contributed by atoms with Gasteiger partial charge < -0.3 is 9.47 Å². The highest BCUT2D eigenvalue weighted by Gasteiger charge is 2.42. The number of ether oxygens (including phenoxy) is 2. The van der Waals surface area contributed by atoms with Crippen molar-refractivity contribution in [2.45, 2.75) is 52.1 Å². The standard InChI is InChI=1S/C21H28N2O2/c1-21(2,3)18-13-25-20(23-18)16-11-7-10-15(16)19-22-17(12-24-19)14-8-5-4-6-9-14/h4-6,8-9,15-18H,7,10-13H2,1-3H3/t15-,16-,17-,18+/m0/s1. The molecular formula is C21H28N2O2. The highest BCUT2D eigenvalue weighted by molar-refractivity contribution is 5.89. The Kier molecular flexibility index (Phi) is 4.30. The molecule has 134 valence electrons. The van der Waals surface area contributed by atoms with E-state index in [2.05, 4.69) is 45.0 Å². The average molecular weight is 340 g/mol. The van der Waals surface area contributed by atoms with Crippen molar-refractivity contribution in [3.05, 3.63) is 35.9 Å². The van der Waals surface area contributed by atoms with Crippen LogP contribution in [0.3, 0.4) is 0 Å². The van der Waals surface area contributed by atoms with E-state index in [0.717, 1.165) is 24.6 Å². The first-order valence-corrected chi connectivity index (χ1v) is 9.48. The predicted molar refractivity (Wildman–Crippen MR) is 100 cm³/mol. The molecule has 0 bridgehead atoms. The number of hydrogen-bond donors (Lipinski definition) is 0. The van der Waals surface area contributed by atoms with Gasteiger partial charge in [-0.3, -0.25) is 0 Å². The third-order valence-electron chi connectivity index (χ3n) is 5.68. The lowest BCUT2D eigenvalue weighted by molar-refractivity contribution is 0.225. The minimum atomic E-state index is 0.131. The largest absolute Gasteiger partial charge is 0.478 e. The molecule has 1 saturated carbocycles. The maximum absolute atomic E-state index is 6.03. The second-order valence-electron chi connectivity index (χ2n) is 8.51. The molecule has 0 unspecified atom stereocenters. The highest BCUT2D eigenvalue weighted by Crippen LogP contribution is 2.40. The van der Waals surface area contributed by atoms with Gasteiger partial charge in [0.2, 0.25) is 0 Å². The van der Waals surface area contributed by atoms with Gasteiger partial charge in [0.15, 0.2) is 11.8 Å². The fourth-order valence-electron chi connectivity index (χ4n) is 4.03. The molecule has 2 heterocycles. The van der Waals surface area contributed by atoms with Crippen LogP contribution in [0.4, 0.5) is 0 Å². The van der Waals surface area contributed by atoms with Crippen molar-refractivity contribution in [3.63, 3.8) is 0 Å². The quantitative estimate of drug-likeness (QED) is 0.817. The molecule has 3 aliphatic rings. The Hall–Kier alpha value is -1.84. The van der Waals surface area contributed by atoms with Gasteiger partial charge in [-0.2, -0.15) is 0 Å². The molecule has 0 aromatic heterocycles. The van der Waals surface area contributed by atoms with Crippen LogP contribution in [0.2, 0.25) is 0 Å². The van der Waals surface area contributed by atoms with Crippen molar-refractivity contribution in [3.8, 4) is 0 Å². The van der Waals surface area contributed by atoms with Gasteiger partial charge in [-0.1, -0.05) is 57.5 Å². The highest BCUT2D eigenvalue weighted by atomic mass is 16.5. The molecule has 0 amide bonds. The molecule has 0 radical (unpaired) electrons. The van der Waals surface area contributed by atoms with Crippen LogP contribution in [0.5, 0.6) is 0 Å². The van der Waals surface area contributed by atoms with E-state index in [-0.39, 0.29) is 17.5 Å². The fourth-order valence-corrected chi connectivity index (χ4v) is 4.03. The Balaban J connectivity index is 1.51. The van der Waals surface area contributed by atoms with Crippen molar-refractivity contribution in [2.24, 2.45) is 27.2 Å². The lowest BCUT2D eigenvalue weighted by Gasteiger charge is -2.22. The van der Waals surface area contributed by atoms with Crippen LogP contribution < -0.4 is 0 Å². The summed E-state index contributed by atoms with van der Waals surface area (Å²) in [5, 5.41) is 0. The van der Waals surface area contributed by atoms with Crippen LogP contribution >= 0.6 is 0 Å². The van der Waals surface area contributed by atoms with Gasteiger partial charge in [-0.15, -0.1) is 0 Å². The van der Waals surface area contributed by atoms with E-state index in [1.807, 2.05) is 6.07 Å². The second-order valence-corrected chi connectivity index (χ2v) is 8.51. The van der Waals surface area contributed by atoms with Gasteiger partial charge in [0.1, 0.15) is 19.3 Å². The second kappa shape index (κ2) is 6.47. The van der Waals surface area contributed by atoms with Crippen molar-refractivity contribution < 1.29 is 9.47 Å². The van der Waals surface area contributed by atoms with Crippen molar-refractivity contribution in [1.29, 1.82) is 0 Å². The lowest BCUT2D eigenvalue weighted by Crippen LogP contribution is -2.26. The van der Waals surface area contributed by atoms with Crippen molar-refractivity contribution >= 4 is 11.8 Å². The molecule has 4 atom stereocenters. The van der Waals surface area contributed by atoms with E-state index in [1.54, 1.807) is 0 Å². The van der Waals surface area contributed by atoms with Gasteiger partial charge in [-0.05, 0) is 23.8 Å². The molecule has 2 aliphatic heterocycles. The number of hydrogen-bond acceptors (Lipinski definition) is 4. The summed E-state index contributed by atoms with van der Waals surface area (Å²) in [5.74, 6) is 2.52. The minimum absolute atomic E-state index is 0.131. The topological polar surface area (TPSA) is 43.2 Å². The monoisotopic (exact) mass is 340 g/mol.